The molecule has 4 heteroatoms. The van der Waals surface area contributed by atoms with E-state index in [9.17, 15) is 9.18 Å². The Morgan fingerprint density at radius 3 is 2.67 bits per heavy atom. The van der Waals surface area contributed by atoms with Gasteiger partial charge < -0.3 is 10.2 Å². The summed E-state index contributed by atoms with van der Waals surface area (Å²) in [5.41, 5.74) is 1.13. The standard InChI is InChI=1S/C14H17FN2O/c1-9-2-3-13(15)12(4-9)14(18)17-7-10-5-16-6-11(10)8-17/h2-4,10-11,16H,5-8H2,1H3/t10-,11+. The van der Waals surface area contributed by atoms with E-state index in [1.54, 1.807) is 17.0 Å². The largest absolute Gasteiger partial charge is 0.338 e. The van der Waals surface area contributed by atoms with Crippen LogP contribution in [0.25, 0.3) is 0 Å². The summed E-state index contributed by atoms with van der Waals surface area (Å²) in [7, 11) is 0. The molecule has 1 amide bonds. The number of rotatable bonds is 1. The zero-order valence-electron chi connectivity index (χ0n) is 10.4. The Hall–Kier alpha value is -1.42. The Balaban J connectivity index is 1.81. The van der Waals surface area contributed by atoms with Crippen molar-refractivity contribution < 1.29 is 9.18 Å². The fourth-order valence-corrected chi connectivity index (χ4v) is 2.99. The smallest absolute Gasteiger partial charge is 0.256 e. The summed E-state index contributed by atoms with van der Waals surface area (Å²) in [5.74, 6) is 0.509. The minimum absolute atomic E-state index is 0.161. The average Bonchev–Trinajstić information content (AvgIpc) is 2.91. The number of hydrogen-bond donors (Lipinski definition) is 1. The van der Waals surface area contributed by atoms with Gasteiger partial charge in [0.1, 0.15) is 5.82 Å². The number of aryl methyl sites for hydroxylation is 1. The molecule has 2 heterocycles. The highest BCUT2D eigenvalue weighted by Crippen LogP contribution is 2.27. The Morgan fingerprint density at radius 2 is 2.00 bits per heavy atom. The van der Waals surface area contributed by atoms with E-state index in [0.717, 1.165) is 31.7 Å². The number of carbonyl (C=O) groups is 1. The number of halogens is 1. The van der Waals surface area contributed by atoms with Crippen LogP contribution >= 0.6 is 0 Å². The van der Waals surface area contributed by atoms with E-state index in [-0.39, 0.29) is 11.5 Å². The highest BCUT2D eigenvalue weighted by atomic mass is 19.1. The lowest BCUT2D eigenvalue weighted by Gasteiger charge is -2.18. The van der Waals surface area contributed by atoms with Crippen LogP contribution in [0.1, 0.15) is 15.9 Å². The first-order valence-electron chi connectivity index (χ1n) is 6.41. The van der Waals surface area contributed by atoms with Crippen molar-refractivity contribution in [2.24, 2.45) is 11.8 Å². The molecule has 2 aliphatic heterocycles. The number of amides is 1. The van der Waals surface area contributed by atoms with Gasteiger partial charge in [0.25, 0.3) is 5.91 Å². The first-order valence-corrected chi connectivity index (χ1v) is 6.41. The van der Waals surface area contributed by atoms with Crippen molar-refractivity contribution >= 4 is 5.91 Å². The van der Waals surface area contributed by atoms with Gasteiger partial charge >= 0.3 is 0 Å². The van der Waals surface area contributed by atoms with Gasteiger partial charge in [-0.1, -0.05) is 11.6 Å². The van der Waals surface area contributed by atoms with Crippen molar-refractivity contribution in [1.82, 2.24) is 10.2 Å². The van der Waals surface area contributed by atoms with E-state index in [1.807, 2.05) is 6.92 Å². The number of nitrogens with one attached hydrogen (secondary N) is 1. The van der Waals surface area contributed by atoms with Gasteiger partial charge in [-0.2, -0.15) is 0 Å². The lowest BCUT2D eigenvalue weighted by Crippen LogP contribution is -2.32. The highest BCUT2D eigenvalue weighted by Gasteiger charge is 2.38. The third kappa shape index (κ3) is 1.90. The monoisotopic (exact) mass is 248 g/mol. The van der Waals surface area contributed by atoms with Gasteiger partial charge in [0.05, 0.1) is 5.56 Å². The molecule has 0 bridgehead atoms. The lowest BCUT2D eigenvalue weighted by atomic mass is 10.0. The number of carbonyl (C=O) groups excluding carboxylic acids is 1. The molecule has 1 aromatic carbocycles. The summed E-state index contributed by atoms with van der Waals surface area (Å²) in [6.07, 6.45) is 0. The minimum Gasteiger partial charge on any atom is -0.338 e. The van der Waals surface area contributed by atoms with E-state index in [2.05, 4.69) is 5.32 Å². The molecule has 0 aromatic heterocycles. The predicted octanol–water partition coefficient (Wildman–Crippen LogP) is 1.43. The Labute approximate surface area is 106 Å². The minimum atomic E-state index is -0.416. The summed E-state index contributed by atoms with van der Waals surface area (Å²) < 4.78 is 13.7. The predicted molar refractivity (Wildman–Crippen MR) is 66.9 cm³/mol. The van der Waals surface area contributed by atoms with E-state index in [4.69, 9.17) is 0 Å². The lowest BCUT2D eigenvalue weighted by molar-refractivity contribution is 0.0777. The first-order chi connectivity index (χ1) is 8.65. The SMILES string of the molecule is Cc1ccc(F)c(C(=O)N2C[C@H]3CNC[C@H]3C2)c1. The van der Waals surface area contributed by atoms with Crippen molar-refractivity contribution in [3.63, 3.8) is 0 Å². The molecule has 1 N–H and O–H groups in total. The molecule has 0 saturated carbocycles. The molecule has 1 aromatic rings. The normalized spacial score (nSPS) is 26.4. The summed E-state index contributed by atoms with van der Waals surface area (Å²) >= 11 is 0. The van der Waals surface area contributed by atoms with Crippen LogP contribution in [0.2, 0.25) is 0 Å². The summed E-state index contributed by atoms with van der Waals surface area (Å²) in [6, 6.07) is 4.71. The molecule has 3 rings (SSSR count). The Bertz CT molecular complexity index is 477. The highest BCUT2D eigenvalue weighted by molar-refractivity contribution is 5.94. The molecule has 3 nitrogen and oxygen atoms in total. The third-order valence-electron chi connectivity index (χ3n) is 4.03. The van der Waals surface area contributed by atoms with Gasteiger partial charge in [0, 0.05) is 26.2 Å². The van der Waals surface area contributed by atoms with Crippen molar-refractivity contribution in [1.29, 1.82) is 0 Å². The maximum atomic E-state index is 13.7. The fourth-order valence-electron chi connectivity index (χ4n) is 2.99. The maximum absolute atomic E-state index is 13.7. The van der Waals surface area contributed by atoms with Crippen LogP contribution in [-0.2, 0) is 0 Å². The van der Waals surface area contributed by atoms with Crippen LogP contribution < -0.4 is 5.32 Å². The molecule has 2 atom stereocenters. The molecule has 96 valence electrons. The number of likely N-dealkylation sites (tertiary alicyclic amines) is 1. The Morgan fingerprint density at radius 1 is 1.33 bits per heavy atom. The van der Waals surface area contributed by atoms with Crippen LogP contribution in [0.4, 0.5) is 4.39 Å². The number of hydrogen-bond acceptors (Lipinski definition) is 2. The quantitative estimate of drug-likeness (QED) is 0.815. The van der Waals surface area contributed by atoms with E-state index in [1.165, 1.54) is 6.07 Å². The number of nitrogens with zero attached hydrogens (tertiary/aromatic N) is 1. The summed E-state index contributed by atoms with van der Waals surface area (Å²) in [6.45, 7) is 5.34. The number of fused-ring (bicyclic) bond motifs is 1. The molecule has 2 fully saturated rings. The fraction of sp³-hybridized carbons (Fsp3) is 0.500. The van der Waals surface area contributed by atoms with Gasteiger partial charge in [-0.05, 0) is 30.9 Å². The molecule has 0 spiro atoms. The van der Waals surface area contributed by atoms with Crippen molar-refractivity contribution in [2.45, 2.75) is 6.92 Å². The summed E-state index contributed by atoms with van der Waals surface area (Å²) in [4.78, 5) is 14.1. The van der Waals surface area contributed by atoms with Crippen molar-refractivity contribution in [3.05, 3.63) is 35.1 Å². The third-order valence-corrected chi connectivity index (χ3v) is 4.03. The first kappa shape index (κ1) is 11.7. The molecule has 0 aliphatic carbocycles. The summed E-state index contributed by atoms with van der Waals surface area (Å²) in [5, 5.41) is 3.33. The van der Waals surface area contributed by atoms with Crippen molar-refractivity contribution in [3.8, 4) is 0 Å². The van der Waals surface area contributed by atoms with Gasteiger partial charge in [-0.25, -0.2) is 4.39 Å². The van der Waals surface area contributed by atoms with Gasteiger partial charge in [-0.15, -0.1) is 0 Å². The zero-order chi connectivity index (χ0) is 12.7. The Kier molecular flexibility index (Phi) is 2.82. The molecular formula is C14H17FN2O. The molecular weight excluding hydrogens is 231 g/mol. The second kappa shape index (κ2) is 4.35. The molecule has 2 saturated heterocycles. The van der Waals surface area contributed by atoms with Crippen LogP contribution in [-0.4, -0.2) is 37.0 Å². The van der Waals surface area contributed by atoms with Crippen molar-refractivity contribution in [2.75, 3.05) is 26.2 Å². The molecule has 0 unspecified atom stereocenters. The number of benzene rings is 1. The van der Waals surface area contributed by atoms with Gasteiger partial charge in [-0.3, -0.25) is 4.79 Å². The second-order valence-electron chi connectivity index (χ2n) is 5.37. The maximum Gasteiger partial charge on any atom is 0.256 e. The zero-order valence-corrected chi connectivity index (χ0v) is 10.4. The topological polar surface area (TPSA) is 32.3 Å². The molecule has 0 radical (unpaired) electrons. The van der Waals surface area contributed by atoms with Crippen LogP contribution in [0.15, 0.2) is 18.2 Å². The molecule has 18 heavy (non-hydrogen) atoms. The van der Waals surface area contributed by atoms with E-state index >= 15 is 0 Å². The van der Waals surface area contributed by atoms with Crippen LogP contribution in [0, 0.1) is 24.6 Å². The molecule has 2 aliphatic rings. The van der Waals surface area contributed by atoms with Crippen LogP contribution in [0.3, 0.4) is 0 Å². The average molecular weight is 248 g/mol. The van der Waals surface area contributed by atoms with E-state index < -0.39 is 5.82 Å². The second-order valence-corrected chi connectivity index (χ2v) is 5.37. The van der Waals surface area contributed by atoms with Crippen LogP contribution in [0.5, 0.6) is 0 Å². The van der Waals surface area contributed by atoms with Gasteiger partial charge in [0.2, 0.25) is 0 Å². The van der Waals surface area contributed by atoms with E-state index in [0.29, 0.717) is 11.8 Å². The van der Waals surface area contributed by atoms with Gasteiger partial charge in [0.15, 0.2) is 0 Å².